The largest absolute Gasteiger partial charge is 0.491 e. The second-order valence-electron chi connectivity index (χ2n) is 7.61. The summed E-state index contributed by atoms with van der Waals surface area (Å²) in [6, 6.07) is 6.18. The summed E-state index contributed by atoms with van der Waals surface area (Å²) in [7, 11) is 0. The topological polar surface area (TPSA) is 54.9 Å². The maximum atomic E-state index is 13.0. The molecule has 0 aliphatic carbocycles. The summed E-state index contributed by atoms with van der Waals surface area (Å²) in [6.45, 7) is 5.80. The van der Waals surface area contributed by atoms with E-state index in [9.17, 15) is 9.18 Å². The molecule has 4 rings (SSSR count). The second kappa shape index (κ2) is 9.19. The Morgan fingerprint density at radius 1 is 1.28 bits per heavy atom. The number of aryl methyl sites for hydroxylation is 1. The van der Waals surface area contributed by atoms with Gasteiger partial charge < -0.3 is 14.4 Å². The molecule has 6 nitrogen and oxygen atoms in total. The molecule has 1 atom stereocenters. The van der Waals surface area contributed by atoms with Crippen LogP contribution in [0.4, 0.5) is 4.39 Å². The summed E-state index contributed by atoms with van der Waals surface area (Å²) in [6.07, 6.45) is 1.75. The van der Waals surface area contributed by atoms with Crippen molar-refractivity contribution in [3.05, 3.63) is 46.2 Å². The summed E-state index contributed by atoms with van der Waals surface area (Å²) >= 11 is 1.69. The maximum absolute atomic E-state index is 13.0. The van der Waals surface area contributed by atoms with E-state index in [-0.39, 0.29) is 30.5 Å². The summed E-state index contributed by atoms with van der Waals surface area (Å²) in [4.78, 5) is 21.3. The van der Waals surface area contributed by atoms with Gasteiger partial charge in [0.25, 0.3) is 0 Å². The summed E-state index contributed by atoms with van der Waals surface area (Å²) in [5, 5.41) is 3.22. The molecule has 1 aromatic carbocycles. The van der Waals surface area contributed by atoms with Crippen LogP contribution in [0.2, 0.25) is 0 Å². The molecule has 0 bridgehead atoms. The Morgan fingerprint density at radius 3 is 2.72 bits per heavy atom. The fourth-order valence-electron chi connectivity index (χ4n) is 3.92. The van der Waals surface area contributed by atoms with E-state index in [2.05, 4.69) is 15.3 Å². The quantitative estimate of drug-likeness (QED) is 0.721. The molecular weight excluding hydrogens is 393 g/mol. The Kier molecular flexibility index (Phi) is 6.42. The lowest BCUT2D eigenvalue weighted by molar-refractivity contribution is -0.155. The zero-order valence-corrected chi connectivity index (χ0v) is 17.4. The minimum Gasteiger partial charge on any atom is -0.491 e. The molecule has 156 valence electrons. The highest BCUT2D eigenvalue weighted by molar-refractivity contribution is 7.09. The van der Waals surface area contributed by atoms with Crippen LogP contribution in [0.15, 0.2) is 29.6 Å². The Hall–Kier alpha value is -2.03. The number of carbonyl (C=O) groups is 1. The van der Waals surface area contributed by atoms with Gasteiger partial charge >= 0.3 is 0 Å². The summed E-state index contributed by atoms with van der Waals surface area (Å²) < 4.78 is 24.4. The molecule has 2 aliphatic rings. The fourth-order valence-corrected chi connectivity index (χ4v) is 4.52. The van der Waals surface area contributed by atoms with Crippen molar-refractivity contribution in [1.29, 1.82) is 0 Å². The maximum Gasteiger partial charge on any atom is 0.248 e. The SMILES string of the molecule is Cc1nc(CN2CCC(N3C[C@@H](COc4ccc(F)cc4)OCC3=O)CC2)cs1. The van der Waals surface area contributed by atoms with Crippen molar-refractivity contribution in [3.8, 4) is 5.75 Å². The van der Waals surface area contributed by atoms with Crippen molar-refractivity contribution in [1.82, 2.24) is 14.8 Å². The number of piperidine rings is 1. The van der Waals surface area contributed by atoms with Gasteiger partial charge in [-0.25, -0.2) is 9.37 Å². The number of amides is 1. The van der Waals surface area contributed by atoms with E-state index in [0.717, 1.165) is 43.2 Å². The Balaban J connectivity index is 1.26. The number of morpholine rings is 1. The smallest absolute Gasteiger partial charge is 0.248 e. The number of hydrogen-bond acceptors (Lipinski definition) is 6. The molecule has 0 spiro atoms. The van der Waals surface area contributed by atoms with E-state index in [0.29, 0.717) is 18.9 Å². The van der Waals surface area contributed by atoms with E-state index in [1.807, 2.05) is 11.8 Å². The van der Waals surface area contributed by atoms with Crippen LogP contribution in [0.5, 0.6) is 5.75 Å². The van der Waals surface area contributed by atoms with Crippen LogP contribution < -0.4 is 4.74 Å². The molecule has 0 unspecified atom stereocenters. The van der Waals surface area contributed by atoms with Crippen LogP contribution in [0.1, 0.15) is 23.5 Å². The number of carbonyl (C=O) groups excluding carboxylic acids is 1. The van der Waals surface area contributed by atoms with Crippen LogP contribution in [0.25, 0.3) is 0 Å². The molecule has 1 amide bonds. The van der Waals surface area contributed by atoms with E-state index < -0.39 is 0 Å². The number of benzene rings is 1. The van der Waals surface area contributed by atoms with Gasteiger partial charge in [-0.2, -0.15) is 0 Å². The first-order valence-electron chi connectivity index (χ1n) is 9.99. The first-order valence-corrected chi connectivity index (χ1v) is 10.9. The van der Waals surface area contributed by atoms with Gasteiger partial charge in [-0.15, -0.1) is 11.3 Å². The minimum absolute atomic E-state index is 0.0524. The number of rotatable bonds is 6. The molecule has 2 fully saturated rings. The monoisotopic (exact) mass is 419 g/mol. The molecule has 29 heavy (non-hydrogen) atoms. The molecular formula is C21H26FN3O3S. The summed E-state index contributed by atoms with van der Waals surface area (Å²) in [5.74, 6) is 0.361. The van der Waals surface area contributed by atoms with Crippen molar-refractivity contribution in [2.75, 3.05) is 32.8 Å². The van der Waals surface area contributed by atoms with Crippen LogP contribution in [-0.4, -0.2) is 65.7 Å². The van der Waals surface area contributed by atoms with Crippen molar-refractivity contribution in [3.63, 3.8) is 0 Å². The average molecular weight is 420 g/mol. The predicted molar refractivity (Wildman–Crippen MR) is 108 cm³/mol. The fraction of sp³-hybridized carbons (Fsp3) is 0.524. The van der Waals surface area contributed by atoms with Crippen LogP contribution in [0, 0.1) is 12.7 Å². The van der Waals surface area contributed by atoms with Gasteiger partial charge in [-0.3, -0.25) is 9.69 Å². The van der Waals surface area contributed by atoms with E-state index in [1.54, 1.807) is 23.5 Å². The Labute approximate surface area is 174 Å². The number of ether oxygens (including phenoxy) is 2. The lowest BCUT2D eigenvalue weighted by Gasteiger charge is -2.42. The number of hydrogen-bond donors (Lipinski definition) is 0. The molecule has 8 heteroatoms. The van der Waals surface area contributed by atoms with E-state index in [1.165, 1.54) is 12.1 Å². The Morgan fingerprint density at radius 2 is 2.03 bits per heavy atom. The van der Waals surface area contributed by atoms with Gasteiger partial charge in [0.2, 0.25) is 5.91 Å². The van der Waals surface area contributed by atoms with Gasteiger partial charge in [-0.1, -0.05) is 0 Å². The number of halogens is 1. The number of aromatic nitrogens is 1. The molecule has 0 radical (unpaired) electrons. The molecule has 3 heterocycles. The first-order chi connectivity index (χ1) is 14.1. The third-order valence-corrected chi connectivity index (χ3v) is 6.29. The standard InChI is InChI=1S/C21H26FN3O3S/c1-15-23-17(14-29-15)10-24-8-6-18(7-9-24)25-11-20(28-13-21(25)26)12-27-19-4-2-16(22)3-5-19/h2-5,14,18,20H,6-13H2,1H3/t20-/m0/s1. The zero-order chi connectivity index (χ0) is 20.2. The van der Waals surface area contributed by atoms with Crippen molar-refractivity contribution < 1.29 is 18.7 Å². The molecule has 0 saturated carbocycles. The van der Waals surface area contributed by atoms with Crippen molar-refractivity contribution in [2.24, 2.45) is 0 Å². The first kappa shape index (κ1) is 20.3. The highest BCUT2D eigenvalue weighted by Crippen LogP contribution is 2.22. The number of thiazole rings is 1. The molecule has 2 saturated heterocycles. The van der Waals surface area contributed by atoms with Gasteiger partial charge in [0.15, 0.2) is 0 Å². The molecule has 2 aliphatic heterocycles. The highest BCUT2D eigenvalue weighted by atomic mass is 32.1. The third kappa shape index (κ3) is 5.32. The van der Waals surface area contributed by atoms with Gasteiger partial charge in [0.05, 0.1) is 17.2 Å². The van der Waals surface area contributed by atoms with E-state index >= 15 is 0 Å². The third-order valence-electron chi connectivity index (χ3n) is 5.46. The second-order valence-corrected chi connectivity index (χ2v) is 8.67. The van der Waals surface area contributed by atoms with Gasteiger partial charge in [0.1, 0.15) is 30.9 Å². The van der Waals surface area contributed by atoms with Crippen LogP contribution >= 0.6 is 11.3 Å². The van der Waals surface area contributed by atoms with Gasteiger partial charge in [-0.05, 0) is 44.0 Å². The molecule has 1 aromatic heterocycles. The van der Waals surface area contributed by atoms with Crippen molar-refractivity contribution in [2.45, 2.75) is 38.5 Å². The minimum atomic E-state index is -0.292. The van der Waals surface area contributed by atoms with Crippen LogP contribution in [0.3, 0.4) is 0 Å². The zero-order valence-electron chi connectivity index (χ0n) is 16.6. The normalized spacial score (nSPS) is 21.5. The lowest BCUT2D eigenvalue weighted by atomic mass is 10.0. The van der Waals surface area contributed by atoms with Gasteiger partial charge in [0, 0.05) is 31.1 Å². The summed E-state index contributed by atoms with van der Waals surface area (Å²) in [5.41, 5.74) is 1.13. The molecule has 2 aromatic rings. The Bertz CT molecular complexity index is 821. The number of likely N-dealkylation sites (tertiary alicyclic amines) is 1. The molecule has 0 N–H and O–H groups in total. The highest BCUT2D eigenvalue weighted by Gasteiger charge is 2.33. The van der Waals surface area contributed by atoms with Crippen molar-refractivity contribution >= 4 is 17.2 Å². The lowest BCUT2D eigenvalue weighted by Crippen LogP contribution is -2.55. The average Bonchev–Trinajstić information content (AvgIpc) is 3.14. The van der Waals surface area contributed by atoms with E-state index in [4.69, 9.17) is 9.47 Å². The predicted octanol–water partition coefficient (Wildman–Crippen LogP) is 2.86. The number of nitrogens with zero attached hydrogens (tertiary/aromatic N) is 3. The van der Waals surface area contributed by atoms with Crippen LogP contribution in [-0.2, 0) is 16.1 Å².